The smallest absolute Gasteiger partial charge is 0.0561 e. The Morgan fingerprint density at radius 2 is 2.47 bits per heavy atom. The van der Waals surface area contributed by atoms with Crippen LogP contribution in [0.15, 0.2) is 11.6 Å². The molecule has 1 heterocycles. The molecule has 1 fully saturated rings. The van der Waals surface area contributed by atoms with Crippen LogP contribution in [0.3, 0.4) is 0 Å². The number of ether oxygens (including phenoxy) is 1. The third-order valence-electron chi connectivity index (χ3n) is 3.50. The first kappa shape index (κ1) is 11.2. The van der Waals surface area contributed by atoms with Gasteiger partial charge in [-0.15, -0.1) is 0 Å². The van der Waals surface area contributed by atoms with Crippen LogP contribution in [0.1, 0.15) is 45.4 Å². The van der Waals surface area contributed by atoms with Gasteiger partial charge in [0, 0.05) is 12.6 Å². The number of nitrogens with one attached hydrogen (secondary N) is 1. The van der Waals surface area contributed by atoms with E-state index < -0.39 is 0 Å². The highest BCUT2D eigenvalue weighted by Crippen LogP contribution is 2.20. The van der Waals surface area contributed by atoms with E-state index in [1.807, 2.05) is 0 Å². The summed E-state index contributed by atoms with van der Waals surface area (Å²) in [6.07, 6.45) is 10.5. The average molecular weight is 209 g/mol. The highest BCUT2D eigenvalue weighted by atomic mass is 16.5. The van der Waals surface area contributed by atoms with Crippen molar-refractivity contribution < 1.29 is 4.74 Å². The lowest BCUT2D eigenvalue weighted by molar-refractivity contribution is 0.0135. The van der Waals surface area contributed by atoms with Gasteiger partial charge >= 0.3 is 0 Å². The Bertz CT molecular complexity index is 225. The standard InChI is InChI=1S/C13H23NO/c1-11-10-13(7-9-15-11)14-8-6-12-4-2-3-5-12/h4,11,13-14H,2-3,5-10H2,1H3. The van der Waals surface area contributed by atoms with Crippen LogP contribution in [-0.2, 0) is 4.74 Å². The van der Waals surface area contributed by atoms with Crippen molar-refractivity contribution in [3.05, 3.63) is 11.6 Å². The second-order valence-electron chi connectivity index (χ2n) is 4.86. The molecule has 2 rings (SSSR count). The Balaban J connectivity index is 1.60. The zero-order chi connectivity index (χ0) is 10.5. The second-order valence-corrected chi connectivity index (χ2v) is 4.86. The van der Waals surface area contributed by atoms with Gasteiger partial charge in [-0.2, -0.15) is 0 Å². The summed E-state index contributed by atoms with van der Waals surface area (Å²) in [5.41, 5.74) is 1.67. The van der Waals surface area contributed by atoms with Gasteiger partial charge in [-0.25, -0.2) is 0 Å². The topological polar surface area (TPSA) is 21.3 Å². The molecule has 0 amide bonds. The molecule has 2 aliphatic rings. The largest absolute Gasteiger partial charge is 0.378 e. The van der Waals surface area contributed by atoms with E-state index in [1.165, 1.54) is 38.5 Å². The molecule has 2 heteroatoms. The Hall–Kier alpha value is -0.340. The summed E-state index contributed by atoms with van der Waals surface area (Å²) in [4.78, 5) is 0. The fraction of sp³-hybridized carbons (Fsp3) is 0.846. The molecule has 86 valence electrons. The van der Waals surface area contributed by atoms with Crippen molar-refractivity contribution in [2.45, 2.75) is 57.6 Å². The van der Waals surface area contributed by atoms with Crippen LogP contribution in [0.4, 0.5) is 0 Å². The van der Waals surface area contributed by atoms with E-state index in [0.717, 1.165) is 13.2 Å². The van der Waals surface area contributed by atoms with Gasteiger partial charge in [0.05, 0.1) is 6.10 Å². The predicted molar refractivity (Wildman–Crippen MR) is 63.0 cm³/mol. The van der Waals surface area contributed by atoms with E-state index in [-0.39, 0.29) is 0 Å². The van der Waals surface area contributed by atoms with Crippen molar-refractivity contribution in [2.75, 3.05) is 13.2 Å². The normalized spacial score (nSPS) is 31.7. The molecule has 0 bridgehead atoms. The minimum Gasteiger partial charge on any atom is -0.378 e. The van der Waals surface area contributed by atoms with Crippen LogP contribution < -0.4 is 5.32 Å². The summed E-state index contributed by atoms with van der Waals surface area (Å²) < 4.78 is 5.54. The molecule has 15 heavy (non-hydrogen) atoms. The van der Waals surface area contributed by atoms with Gasteiger partial charge in [-0.05, 0) is 52.0 Å². The molecule has 0 saturated carbocycles. The monoisotopic (exact) mass is 209 g/mol. The molecule has 0 spiro atoms. The maximum absolute atomic E-state index is 5.54. The van der Waals surface area contributed by atoms with Crippen molar-refractivity contribution in [1.82, 2.24) is 5.32 Å². The summed E-state index contributed by atoms with van der Waals surface area (Å²) >= 11 is 0. The van der Waals surface area contributed by atoms with Crippen LogP contribution in [-0.4, -0.2) is 25.3 Å². The lowest BCUT2D eigenvalue weighted by Crippen LogP contribution is -2.38. The number of hydrogen-bond acceptors (Lipinski definition) is 2. The third kappa shape index (κ3) is 3.62. The van der Waals surface area contributed by atoms with Crippen molar-refractivity contribution >= 4 is 0 Å². The SMILES string of the molecule is CC1CC(NCCC2=CCCC2)CCO1. The molecular formula is C13H23NO. The molecule has 1 aliphatic carbocycles. The van der Waals surface area contributed by atoms with Gasteiger partial charge in [-0.3, -0.25) is 0 Å². The molecule has 1 saturated heterocycles. The first-order valence-electron chi connectivity index (χ1n) is 6.37. The van der Waals surface area contributed by atoms with Crippen molar-refractivity contribution in [2.24, 2.45) is 0 Å². The Kier molecular flexibility index (Phi) is 4.21. The van der Waals surface area contributed by atoms with Crippen molar-refractivity contribution in [3.63, 3.8) is 0 Å². The van der Waals surface area contributed by atoms with E-state index in [1.54, 1.807) is 5.57 Å². The van der Waals surface area contributed by atoms with Crippen LogP contribution >= 0.6 is 0 Å². The van der Waals surface area contributed by atoms with E-state index in [2.05, 4.69) is 18.3 Å². The summed E-state index contributed by atoms with van der Waals surface area (Å²) in [7, 11) is 0. The van der Waals surface area contributed by atoms with Crippen molar-refractivity contribution in [1.29, 1.82) is 0 Å². The third-order valence-corrected chi connectivity index (χ3v) is 3.50. The highest BCUT2D eigenvalue weighted by molar-refractivity contribution is 5.07. The van der Waals surface area contributed by atoms with E-state index >= 15 is 0 Å². The number of hydrogen-bond donors (Lipinski definition) is 1. The summed E-state index contributed by atoms with van der Waals surface area (Å²) in [5.74, 6) is 0. The summed E-state index contributed by atoms with van der Waals surface area (Å²) in [6, 6.07) is 0.691. The lowest BCUT2D eigenvalue weighted by atomic mass is 10.0. The minimum absolute atomic E-state index is 0.446. The Morgan fingerprint density at radius 3 is 3.20 bits per heavy atom. The quantitative estimate of drug-likeness (QED) is 0.719. The Morgan fingerprint density at radius 1 is 1.53 bits per heavy atom. The van der Waals surface area contributed by atoms with Gasteiger partial charge < -0.3 is 10.1 Å². The zero-order valence-electron chi connectivity index (χ0n) is 9.80. The molecule has 0 radical (unpaired) electrons. The van der Waals surface area contributed by atoms with Crippen LogP contribution in [0.5, 0.6) is 0 Å². The maximum Gasteiger partial charge on any atom is 0.0561 e. The first-order valence-corrected chi connectivity index (χ1v) is 6.37. The number of allylic oxidation sites excluding steroid dienone is 1. The van der Waals surface area contributed by atoms with E-state index in [4.69, 9.17) is 4.74 Å². The van der Waals surface area contributed by atoms with Gasteiger partial charge in [0.1, 0.15) is 0 Å². The highest BCUT2D eigenvalue weighted by Gasteiger charge is 2.18. The van der Waals surface area contributed by atoms with Gasteiger partial charge in [-0.1, -0.05) is 11.6 Å². The maximum atomic E-state index is 5.54. The molecule has 2 nitrogen and oxygen atoms in total. The molecule has 0 aromatic heterocycles. The summed E-state index contributed by atoms with van der Waals surface area (Å²) in [6.45, 7) is 4.26. The second kappa shape index (κ2) is 5.66. The van der Waals surface area contributed by atoms with Crippen molar-refractivity contribution in [3.8, 4) is 0 Å². The molecule has 0 aromatic rings. The van der Waals surface area contributed by atoms with E-state index in [0.29, 0.717) is 12.1 Å². The fourth-order valence-corrected chi connectivity index (χ4v) is 2.58. The Labute approximate surface area is 93.1 Å². The van der Waals surface area contributed by atoms with Crippen LogP contribution in [0, 0.1) is 0 Å². The predicted octanol–water partition coefficient (Wildman–Crippen LogP) is 2.64. The van der Waals surface area contributed by atoms with Gasteiger partial charge in [0.2, 0.25) is 0 Å². The molecule has 1 N–H and O–H groups in total. The first-order chi connectivity index (χ1) is 7.34. The average Bonchev–Trinajstić information content (AvgIpc) is 2.71. The number of rotatable bonds is 4. The molecule has 2 atom stereocenters. The molecule has 1 aliphatic heterocycles. The van der Waals surface area contributed by atoms with Crippen LogP contribution in [0.2, 0.25) is 0 Å². The lowest BCUT2D eigenvalue weighted by Gasteiger charge is -2.28. The zero-order valence-corrected chi connectivity index (χ0v) is 9.80. The molecule has 0 aromatic carbocycles. The molecular weight excluding hydrogens is 186 g/mol. The fourth-order valence-electron chi connectivity index (χ4n) is 2.58. The van der Waals surface area contributed by atoms with E-state index in [9.17, 15) is 0 Å². The van der Waals surface area contributed by atoms with Gasteiger partial charge in [0.15, 0.2) is 0 Å². The van der Waals surface area contributed by atoms with Gasteiger partial charge in [0.25, 0.3) is 0 Å². The molecule has 2 unspecified atom stereocenters. The van der Waals surface area contributed by atoms with Crippen LogP contribution in [0.25, 0.3) is 0 Å². The minimum atomic E-state index is 0.446. The summed E-state index contributed by atoms with van der Waals surface area (Å²) in [5, 5.41) is 3.66.